The van der Waals surface area contributed by atoms with E-state index in [-0.39, 0.29) is 5.41 Å². The van der Waals surface area contributed by atoms with Gasteiger partial charge in [0.15, 0.2) is 5.58 Å². The van der Waals surface area contributed by atoms with Gasteiger partial charge in [-0.1, -0.05) is 26.8 Å². The largest absolute Gasteiger partial charge is 0.440 e. The van der Waals surface area contributed by atoms with Crippen LogP contribution in [0.3, 0.4) is 0 Å². The van der Waals surface area contributed by atoms with Gasteiger partial charge in [-0.25, -0.2) is 4.98 Å². The lowest BCUT2D eigenvalue weighted by Crippen LogP contribution is -2.37. The van der Waals surface area contributed by atoms with Gasteiger partial charge in [-0.2, -0.15) is 0 Å². The van der Waals surface area contributed by atoms with E-state index in [1.54, 1.807) is 0 Å². The fourth-order valence-electron chi connectivity index (χ4n) is 2.75. The molecule has 1 fully saturated rings. The molecule has 2 aromatic rings. The third-order valence-electron chi connectivity index (χ3n) is 4.30. The van der Waals surface area contributed by atoms with E-state index >= 15 is 0 Å². The van der Waals surface area contributed by atoms with Crippen LogP contribution in [-0.4, -0.2) is 18.1 Å². The van der Waals surface area contributed by atoms with Crippen molar-refractivity contribution >= 4 is 11.1 Å². The molecule has 3 heteroatoms. The molecular weight excluding hydrogens is 236 g/mol. The Bertz CT molecular complexity index is 579. The lowest BCUT2D eigenvalue weighted by atomic mass is 9.81. The Balaban J connectivity index is 2.01. The van der Waals surface area contributed by atoms with Crippen molar-refractivity contribution in [1.29, 1.82) is 0 Å². The topological polar surface area (TPSA) is 38.1 Å². The summed E-state index contributed by atoms with van der Waals surface area (Å²) in [6.07, 6.45) is 2.19. The van der Waals surface area contributed by atoms with E-state index in [2.05, 4.69) is 44.3 Å². The van der Waals surface area contributed by atoms with Gasteiger partial charge in [-0.05, 0) is 49.5 Å². The highest BCUT2D eigenvalue weighted by Crippen LogP contribution is 2.34. The molecule has 1 aliphatic rings. The van der Waals surface area contributed by atoms with Crippen molar-refractivity contribution in [3.8, 4) is 0 Å². The van der Waals surface area contributed by atoms with Gasteiger partial charge in [-0.15, -0.1) is 0 Å². The second kappa shape index (κ2) is 4.64. The van der Waals surface area contributed by atoms with Crippen LogP contribution < -0.4 is 5.32 Å². The summed E-state index contributed by atoms with van der Waals surface area (Å²) in [6.45, 7) is 8.77. The standard InChI is InChI=1S/C16H22N2O/c1-11(2)12-4-5-14-13(10-12)18-15(19-14)16(3)6-8-17-9-7-16/h4-5,10-11,17H,6-9H2,1-3H3. The highest BCUT2D eigenvalue weighted by molar-refractivity contribution is 5.73. The zero-order valence-corrected chi connectivity index (χ0v) is 12.0. The lowest BCUT2D eigenvalue weighted by Gasteiger charge is -2.30. The van der Waals surface area contributed by atoms with Crippen molar-refractivity contribution < 1.29 is 4.42 Å². The van der Waals surface area contributed by atoms with Crippen LogP contribution in [0, 0.1) is 0 Å². The minimum absolute atomic E-state index is 0.0856. The number of piperidine rings is 1. The van der Waals surface area contributed by atoms with Gasteiger partial charge in [-0.3, -0.25) is 0 Å². The Kier molecular flexibility index (Phi) is 3.09. The highest BCUT2D eigenvalue weighted by Gasteiger charge is 2.33. The molecule has 3 rings (SSSR count). The fraction of sp³-hybridized carbons (Fsp3) is 0.562. The zero-order valence-electron chi connectivity index (χ0n) is 12.0. The quantitative estimate of drug-likeness (QED) is 0.894. The molecule has 0 atom stereocenters. The molecule has 1 aliphatic heterocycles. The van der Waals surface area contributed by atoms with E-state index in [4.69, 9.17) is 9.40 Å². The third kappa shape index (κ3) is 2.27. The maximum Gasteiger partial charge on any atom is 0.201 e. The van der Waals surface area contributed by atoms with E-state index in [0.717, 1.165) is 42.9 Å². The second-order valence-electron chi connectivity index (χ2n) is 6.21. The first-order valence-electron chi connectivity index (χ1n) is 7.20. The third-order valence-corrected chi connectivity index (χ3v) is 4.30. The van der Waals surface area contributed by atoms with Gasteiger partial charge in [0, 0.05) is 5.41 Å². The molecule has 102 valence electrons. The Morgan fingerprint density at radius 2 is 2.00 bits per heavy atom. The highest BCUT2D eigenvalue weighted by atomic mass is 16.3. The fourth-order valence-corrected chi connectivity index (χ4v) is 2.75. The maximum atomic E-state index is 6.01. The van der Waals surface area contributed by atoms with Crippen molar-refractivity contribution in [2.45, 2.75) is 44.9 Å². The Morgan fingerprint density at radius 3 is 2.68 bits per heavy atom. The Morgan fingerprint density at radius 1 is 1.26 bits per heavy atom. The molecule has 0 aliphatic carbocycles. The molecule has 1 saturated heterocycles. The lowest BCUT2D eigenvalue weighted by molar-refractivity contribution is 0.275. The molecule has 0 saturated carbocycles. The number of benzene rings is 1. The first kappa shape index (κ1) is 12.7. The van der Waals surface area contributed by atoms with Gasteiger partial charge in [0.05, 0.1) is 0 Å². The van der Waals surface area contributed by atoms with E-state index in [1.165, 1.54) is 5.56 Å². The SMILES string of the molecule is CC(C)c1ccc2oc(C3(C)CCNCC3)nc2c1. The molecule has 0 unspecified atom stereocenters. The van der Waals surface area contributed by atoms with Crippen molar-refractivity contribution in [1.82, 2.24) is 10.3 Å². The normalized spacial score (nSPS) is 19.2. The van der Waals surface area contributed by atoms with Crippen molar-refractivity contribution in [2.75, 3.05) is 13.1 Å². The zero-order chi connectivity index (χ0) is 13.5. The summed E-state index contributed by atoms with van der Waals surface area (Å²) in [5.41, 5.74) is 3.32. The molecule has 0 amide bonds. The van der Waals surface area contributed by atoms with Gasteiger partial charge >= 0.3 is 0 Å². The van der Waals surface area contributed by atoms with Crippen LogP contribution in [0.5, 0.6) is 0 Å². The maximum absolute atomic E-state index is 6.01. The van der Waals surface area contributed by atoms with Crippen molar-refractivity contribution in [2.24, 2.45) is 0 Å². The molecule has 1 aromatic carbocycles. The molecule has 0 spiro atoms. The Labute approximate surface area is 114 Å². The minimum atomic E-state index is 0.0856. The van der Waals surface area contributed by atoms with Gasteiger partial charge < -0.3 is 9.73 Å². The summed E-state index contributed by atoms with van der Waals surface area (Å²) in [6, 6.07) is 6.37. The van der Waals surface area contributed by atoms with Crippen LogP contribution in [-0.2, 0) is 5.41 Å². The van der Waals surface area contributed by atoms with Crippen molar-refractivity contribution in [3.63, 3.8) is 0 Å². The van der Waals surface area contributed by atoms with Crippen LogP contribution in [0.1, 0.15) is 51.0 Å². The van der Waals surface area contributed by atoms with Crippen molar-refractivity contribution in [3.05, 3.63) is 29.7 Å². The van der Waals surface area contributed by atoms with Crippen LogP contribution in [0.15, 0.2) is 22.6 Å². The molecule has 1 aromatic heterocycles. The summed E-state index contributed by atoms with van der Waals surface area (Å²) in [5.74, 6) is 1.43. The number of nitrogens with one attached hydrogen (secondary N) is 1. The predicted octanol–water partition coefficient (Wildman–Crippen LogP) is 3.59. The molecule has 2 heterocycles. The summed E-state index contributed by atoms with van der Waals surface area (Å²) in [5, 5.41) is 3.40. The van der Waals surface area contributed by atoms with Crippen LogP contribution in [0.4, 0.5) is 0 Å². The summed E-state index contributed by atoms with van der Waals surface area (Å²) in [4.78, 5) is 4.76. The molecule has 3 nitrogen and oxygen atoms in total. The van der Waals surface area contributed by atoms with E-state index < -0.39 is 0 Å². The Hall–Kier alpha value is -1.35. The molecule has 1 N–H and O–H groups in total. The smallest absolute Gasteiger partial charge is 0.201 e. The molecule has 0 radical (unpaired) electrons. The number of rotatable bonds is 2. The van der Waals surface area contributed by atoms with E-state index in [0.29, 0.717) is 5.92 Å². The van der Waals surface area contributed by atoms with E-state index in [1.807, 2.05) is 0 Å². The predicted molar refractivity (Wildman–Crippen MR) is 77.6 cm³/mol. The second-order valence-corrected chi connectivity index (χ2v) is 6.21. The molecule has 19 heavy (non-hydrogen) atoms. The number of hydrogen-bond donors (Lipinski definition) is 1. The number of nitrogens with zero attached hydrogens (tertiary/aromatic N) is 1. The van der Waals surface area contributed by atoms with Gasteiger partial charge in [0.25, 0.3) is 0 Å². The van der Waals surface area contributed by atoms with Gasteiger partial charge in [0.2, 0.25) is 5.89 Å². The van der Waals surface area contributed by atoms with Crippen LogP contribution >= 0.6 is 0 Å². The summed E-state index contributed by atoms with van der Waals surface area (Å²) in [7, 11) is 0. The minimum Gasteiger partial charge on any atom is -0.440 e. The van der Waals surface area contributed by atoms with Crippen LogP contribution in [0.2, 0.25) is 0 Å². The molecular formula is C16H22N2O. The average Bonchev–Trinajstić information content (AvgIpc) is 2.83. The number of oxazole rings is 1. The number of aromatic nitrogens is 1. The van der Waals surface area contributed by atoms with E-state index in [9.17, 15) is 0 Å². The first-order chi connectivity index (χ1) is 9.08. The van der Waals surface area contributed by atoms with Crippen LogP contribution in [0.25, 0.3) is 11.1 Å². The summed E-state index contributed by atoms with van der Waals surface area (Å²) < 4.78 is 6.01. The average molecular weight is 258 g/mol. The number of fused-ring (bicyclic) bond motifs is 1. The summed E-state index contributed by atoms with van der Waals surface area (Å²) >= 11 is 0. The first-order valence-corrected chi connectivity index (χ1v) is 7.20. The van der Waals surface area contributed by atoms with Gasteiger partial charge in [0.1, 0.15) is 5.52 Å². The monoisotopic (exact) mass is 258 g/mol. The molecule has 0 bridgehead atoms. The number of hydrogen-bond acceptors (Lipinski definition) is 3.